The molecule has 1 aromatic heterocycles. The lowest BCUT2D eigenvalue weighted by molar-refractivity contribution is -0.226. The van der Waals surface area contributed by atoms with Crippen LogP contribution >= 0.6 is 0 Å². The van der Waals surface area contributed by atoms with Crippen LogP contribution < -0.4 is 21.1 Å². The highest BCUT2D eigenvalue weighted by Crippen LogP contribution is 2.18. The number of nitrogens with one attached hydrogen (secondary N) is 2. The van der Waals surface area contributed by atoms with Crippen LogP contribution in [0.3, 0.4) is 0 Å². The monoisotopic (exact) mass is 684 g/mol. The molecule has 0 radical (unpaired) electrons. The molecule has 50 heavy (non-hydrogen) atoms. The zero-order chi connectivity index (χ0) is 36.3. The van der Waals surface area contributed by atoms with Crippen molar-refractivity contribution in [2.75, 3.05) is 13.7 Å². The molecule has 2 atom stereocenters. The number of amides is 4. The van der Waals surface area contributed by atoms with Crippen LogP contribution in [0.5, 0.6) is 5.75 Å². The van der Waals surface area contributed by atoms with E-state index < -0.39 is 47.9 Å². The SMILES string of the molecule is COc1ccc(CN(CC[C@H](Cc2ccccc2)NC(=O)[C@H](CC(N)=O)NC(=O)c2ccc3ccccc3n2)N(O)C(=O)OC(C)(C)C)cc1. The van der Waals surface area contributed by atoms with Crippen molar-refractivity contribution in [2.24, 2.45) is 5.73 Å². The summed E-state index contributed by atoms with van der Waals surface area (Å²) in [5, 5.41) is 19.3. The lowest BCUT2D eigenvalue weighted by atomic mass is 10.0. The Hall–Kier alpha value is -5.53. The van der Waals surface area contributed by atoms with Crippen LogP contribution in [-0.2, 0) is 27.3 Å². The second-order valence-corrected chi connectivity index (χ2v) is 12.8. The molecular weight excluding hydrogens is 640 g/mol. The Morgan fingerprint density at radius 3 is 2.22 bits per heavy atom. The number of nitrogens with zero attached hydrogens (tertiary/aromatic N) is 3. The molecular formula is C37H44N6O7. The van der Waals surface area contributed by atoms with E-state index in [1.54, 1.807) is 70.3 Å². The number of carbonyl (C=O) groups excluding carboxylic acids is 4. The van der Waals surface area contributed by atoms with E-state index in [-0.39, 0.29) is 25.2 Å². The molecule has 0 aliphatic rings. The molecule has 0 saturated heterocycles. The van der Waals surface area contributed by atoms with Gasteiger partial charge >= 0.3 is 6.09 Å². The molecule has 13 heteroatoms. The van der Waals surface area contributed by atoms with Crippen molar-refractivity contribution in [2.45, 2.75) is 64.3 Å². The number of pyridine rings is 1. The van der Waals surface area contributed by atoms with Crippen molar-refractivity contribution in [3.63, 3.8) is 0 Å². The fraction of sp³-hybridized carbons (Fsp3) is 0.324. The van der Waals surface area contributed by atoms with E-state index in [0.717, 1.165) is 16.5 Å². The Balaban J connectivity index is 1.55. The minimum Gasteiger partial charge on any atom is -0.497 e. The molecule has 13 nitrogen and oxygen atoms in total. The summed E-state index contributed by atoms with van der Waals surface area (Å²) in [6.45, 7) is 5.28. The summed E-state index contributed by atoms with van der Waals surface area (Å²) in [5.74, 6) is -1.41. The van der Waals surface area contributed by atoms with Gasteiger partial charge in [-0.15, -0.1) is 5.17 Å². The van der Waals surface area contributed by atoms with E-state index in [1.165, 1.54) is 11.1 Å². The third kappa shape index (κ3) is 11.3. The maximum atomic E-state index is 13.7. The van der Waals surface area contributed by atoms with E-state index in [0.29, 0.717) is 22.9 Å². The summed E-state index contributed by atoms with van der Waals surface area (Å²) >= 11 is 0. The van der Waals surface area contributed by atoms with Gasteiger partial charge < -0.3 is 25.8 Å². The Morgan fingerprint density at radius 2 is 1.56 bits per heavy atom. The van der Waals surface area contributed by atoms with Crippen molar-refractivity contribution in [1.29, 1.82) is 0 Å². The standard InChI is InChI=1S/C37H44N6O7/c1-37(2,3)50-36(47)43(48)42(24-26-14-17-29(49-4)18-15-26)21-20-28(22-25-10-6-5-7-11-25)39-35(46)32(23-33(38)44)41-34(45)31-19-16-27-12-8-9-13-30(27)40-31/h5-19,28,32,48H,20-24H2,1-4H3,(H2,38,44)(H,39,46)(H,41,45)/t28-,32+/m1/s1. The average molecular weight is 685 g/mol. The number of hydroxylamine groups is 1. The van der Waals surface area contributed by atoms with E-state index in [2.05, 4.69) is 15.6 Å². The van der Waals surface area contributed by atoms with E-state index in [1.807, 2.05) is 42.5 Å². The second-order valence-electron chi connectivity index (χ2n) is 12.8. The molecule has 0 fully saturated rings. The Bertz CT molecular complexity index is 1760. The molecule has 4 aromatic rings. The summed E-state index contributed by atoms with van der Waals surface area (Å²) in [4.78, 5) is 56.3. The number of nitrogens with two attached hydrogens (primary N) is 1. The quantitative estimate of drug-likeness (QED) is 0.105. The number of para-hydroxylation sites is 1. The van der Waals surface area contributed by atoms with Crippen molar-refractivity contribution in [3.8, 4) is 5.75 Å². The van der Waals surface area contributed by atoms with Gasteiger partial charge in [0.15, 0.2) is 0 Å². The van der Waals surface area contributed by atoms with Crippen LogP contribution in [0.15, 0.2) is 91.0 Å². The number of aromatic nitrogens is 1. The minimum absolute atomic E-state index is 0.0751. The molecule has 0 spiro atoms. The predicted octanol–water partition coefficient (Wildman–Crippen LogP) is 4.38. The van der Waals surface area contributed by atoms with Gasteiger partial charge in [0.25, 0.3) is 5.91 Å². The first-order valence-corrected chi connectivity index (χ1v) is 16.2. The summed E-state index contributed by atoms with van der Waals surface area (Å²) in [5.41, 5.74) is 6.97. The number of benzene rings is 3. The number of ether oxygens (including phenoxy) is 2. The van der Waals surface area contributed by atoms with E-state index in [4.69, 9.17) is 15.2 Å². The van der Waals surface area contributed by atoms with Gasteiger partial charge in [-0.3, -0.25) is 19.6 Å². The maximum Gasteiger partial charge on any atom is 0.450 e. The van der Waals surface area contributed by atoms with Gasteiger partial charge in [-0.1, -0.05) is 66.7 Å². The maximum absolute atomic E-state index is 13.7. The average Bonchev–Trinajstić information content (AvgIpc) is 3.08. The summed E-state index contributed by atoms with van der Waals surface area (Å²) < 4.78 is 10.7. The third-order valence-corrected chi connectivity index (χ3v) is 7.61. The number of methoxy groups -OCH3 is 1. The van der Waals surface area contributed by atoms with Crippen LogP contribution in [0.25, 0.3) is 10.9 Å². The molecule has 0 saturated carbocycles. The minimum atomic E-state index is -1.29. The van der Waals surface area contributed by atoms with Crippen molar-refractivity contribution >= 4 is 34.7 Å². The molecule has 1 heterocycles. The van der Waals surface area contributed by atoms with Gasteiger partial charge in [0, 0.05) is 24.5 Å². The topological polar surface area (TPSA) is 176 Å². The molecule has 0 unspecified atom stereocenters. The van der Waals surface area contributed by atoms with E-state index >= 15 is 0 Å². The first-order valence-electron chi connectivity index (χ1n) is 16.2. The van der Waals surface area contributed by atoms with Gasteiger partial charge in [-0.25, -0.2) is 9.78 Å². The van der Waals surface area contributed by atoms with Crippen molar-refractivity contribution in [3.05, 3.63) is 108 Å². The fourth-order valence-corrected chi connectivity index (χ4v) is 5.17. The predicted molar refractivity (Wildman–Crippen MR) is 187 cm³/mol. The molecule has 0 aliphatic heterocycles. The zero-order valence-electron chi connectivity index (χ0n) is 28.7. The smallest absolute Gasteiger partial charge is 0.450 e. The van der Waals surface area contributed by atoms with Crippen LogP contribution in [0, 0.1) is 0 Å². The van der Waals surface area contributed by atoms with Crippen molar-refractivity contribution in [1.82, 2.24) is 25.8 Å². The number of fused-ring (bicyclic) bond motifs is 1. The van der Waals surface area contributed by atoms with Crippen molar-refractivity contribution < 1.29 is 33.9 Å². The lowest BCUT2D eigenvalue weighted by Crippen LogP contribution is -2.53. The number of hydrogen-bond donors (Lipinski definition) is 4. The zero-order valence-corrected chi connectivity index (χ0v) is 28.7. The molecule has 4 rings (SSSR count). The summed E-state index contributed by atoms with van der Waals surface area (Å²) in [7, 11) is 1.56. The number of hydrogen-bond acceptors (Lipinski definition) is 9. The van der Waals surface area contributed by atoms with Crippen LogP contribution in [0.2, 0.25) is 0 Å². The molecule has 0 bridgehead atoms. The highest BCUT2D eigenvalue weighted by molar-refractivity contribution is 5.99. The van der Waals surface area contributed by atoms with Crippen LogP contribution in [0.1, 0.15) is 55.2 Å². The first kappa shape index (κ1) is 37.3. The Kier molecular flexibility index (Phi) is 12.8. The number of primary amides is 1. The highest BCUT2D eigenvalue weighted by atomic mass is 16.7. The first-order chi connectivity index (χ1) is 23.8. The number of rotatable bonds is 15. The lowest BCUT2D eigenvalue weighted by Gasteiger charge is -2.32. The molecule has 3 aromatic carbocycles. The van der Waals surface area contributed by atoms with Gasteiger partial charge in [0.1, 0.15) is 23.1 Å². The molecule has 0 aliphatic carbocycles. The Morgan fingerprint density at radius 1 is 0.880 bits per heavy atom. The van der Waals surface area contributed by atoms with Gasteiger partial charge in [-0.2, -0.15) is 5.01 Å². The summed E-state index contributed by atoms with van der Waals surface area (Å²) in [6.07, 6.45) is -0.818. The normalized spacial score (nSPS) is 12.5. The molecule has 264 valence electrons. The van der Waals surface area contributed by atoms with E-state index in [9.17, 15) is 24.4 Å². The molecule has 5 N–H and O–H groups in total. The summed E-state index contributed by atoms with van der Waals surface area (Å²) in [6, 6.07) is 25.3. The van der Waals surface area contributed by atoms with Crippen LogP contribution in [-0.4, -0.2) is 75.5 Å². The Labute approximate surface area is 291 Å². The molecule has 4 amide bonds. The van der Waals surface area contributed by atoms with Gasteiger partial charge in [-0.05, 0) is 69.0 Å². The van der Waals surface area contributed by atoms with Gasteiger partial charge in [0.2, 0.25) is 11.8 Å². The second kappa shape index (κ2) is 17.2. The van der Waals surface area contributed by atoms with Gasteiger partial charge in [0.05, 0.1) is 19.0 Å². The fourth-order valence-electron chi connectivity index (χ4n) is 5.17. The number of carbonyl (C=O) groups is 4. The highest BCUT2D eigenvalue weighted by Gasteiger charge is 2.29. The largest absolute Gasteiger partial charge is 0.497 e. The number of hydrazine groups is 1. The van der Waals surface area contributed by atoms with Crippen LogP contribution in [0.4, 0.5) is 4.79 Å². The third-order valence-electron chi connectivity index (χ3n) is 7.61.